The Balaban J connectivity index is 2.84. The van der Waals surface area contributed by atoms with Crippen LogP contribution in [0.25, 0.3) is 0 Å². The number of aryl methyl sites for hydroxylation is 1. The molecule has 0 amide bonds. The lowest BCUT2D eigenvalue weighted by Gasteiger charge is -2.11. The van der Waals surface area contributed by atoms with Crippen LogP contribution in [0, 0.1) is 0 Å². The molecule has 0 bridgehead atoms. The fourth-order valence-electron chi connectivity index (χ4n) is 1.23. The summed E-state index contributed by atoms with van der Waals surface area (Å²) >= 11 is 0. The largest absolute Gasteiger partial charge is 0.303 e. The lowest BCUT2D eigenvalue weighted by atomic mass is 10.0. The number of aldehydes is 1. The average Bonchev–Trinajstić information content (AvgIpc) is 2.14. The Morgan fingerprint density at radius 1 is 1.43 bits per heavy atom. The minimum atomic E-state index is -2.81. The smallest absolute Gasteiger partial charge is 0.270 e. The minimum Gasteiger partial charge on any atom is -0.303 e. The summed E-state index contributed by atoms with van der Waals surface area (Å²) < 4.78 is 25.8. The van der Waals surface area contributed by atoms with Gasteiger partial charge in [0.1, 0.15) is 6.29 Å². The number of carbonyl (C=O) groups excluding carboxylic acids is 1. The van der Waals surface area contributed by atoms with Gasteiger partial charge in [0, 0.05) is 18.9 Å². The molecule has 0 atom stereocenters. The molecular weight excluding hydrogens is 186 g/mol. The van der Waals surface area contributed by atoms with E-state index in [2.05, 4.69) is 0 Å². The molecule has 14 heavy (non-hydrogen) atoms. The molecule has 0 N–H and O–H groups in total. The topological polar surface area (TPSA) is 17.1 Å². The maximum Gasteiger partial charge on any atom is 0.270 e. The van der Waals surface area contributed by atoms with Crippen LogP contribution in [0.5, 0.6) is 0 Å². The third kappa shape index (κ3) is 2.91. The Kier molecular flexibility index (Phi) is 3.33. The van der Waals surface area contributed by atoms with Gasteiger partial charge in [-0.3, -0.25) is 0 Å². The Bertz CT molecular complexity index is 315. The standard InChI is InChI=1S/C11H12F2O/c1-11(12,13)10-6-2-4-9(8-10)5-3-7-14/h2,4,6-8H,3,5H2,1H3. The zero-order valence-electron chi connectivity index (χ0n) is 7.97. The lowest BCUT2D eigenvalue weighted by Crippen LogP contribution is -2.07. The molecule has 3 heteroatoms. The number of carbonyl (C=O) groups is 1. The Hall–Kier alpha value is -1.25. The van der Waals surface area contributed by atoms with E-state index in [0.29, 0.717) is 12.8 Å². The van der Waals surface area contributed by atoms with Gasteiger partial charge >= 0.3 is 0 Å². The van der Waals surface area contributed by atoms with Crippen LogP contribution in [0.15, 0.2) is 24.3 Å². The van der Waals surface area contributed by atoms with Crippen LogP contribution in [-0.4, -0.2) is 6.29 Å². The first-order valence-corrected chi connectivity index (χ1v) is 4.45. The Labute approximate surface area is 81.7 Å². The molecular formula is C11H12F2O. The van der Waals surface area contributed by atoms with E-state index < -0.39 is 5.92 Å². The maximum absolute atomic E-state index is 12.9. The fourth-order valence-corrected chi connectivity index (χ4v) is 1.23. The van der Waals surface area contributed by atoms with Crippen molar-refractivity contribution in [2.75, 3.05) is 0 Å². The van der Waals surface area contributed by atoms with Crippen LogP contribution in [0.3, 0.4) is 0 Å². The van der Waals surface area contributed by atoms with Crippen molar-refractivity contribution in [3.05, 3.63) is 35.4 Å². The molecule has 0 aliphatic heterocycles. The van der Waals surface area contributed by atoms with E-state index in [1.165, 1.54) is 12.1 Å². The van der Waals surface area contributed by atoms with Crippen molar-refractivity contribution in [2.24, 2.45) is 0 Å². The second-order valence-electron chi connectivity index (χ2n) is 3.29. The van der Waals surface area contributed by atoms with Gasteiger partial charge in [0.2, 0.25) is 0 Å². The summed E-state index contributed by atoms with van der Waals surface area (Å²) in [6, 6.07) is 6.18. The summed E-state index contributed by atoms with van der Waals surface area (Å²) in [4.78, 5) is 10.1. The first kappa shape index (κ1) is 10.8. The van der Waals surface area contributed by atoms with Gasteiger partial charge < -0.3 is 4.79 Å². The summed E-state index contributed by atoms with van der Waals surface area (Å²) in [5.41, 5.74) is 0.775. The zero-order valence-corrected chi connectivity index (χ0v) is 7.97. The predicted octanol–water partition coefficient (Wildman–Crippen LogP) is 2.93. The quantitative estimate of drug-likeness (QED) is 0.680. The van der Waals surface area contributed by atoms with Gasteiger partial charge in [-0.15, -0.1) is 0 Å². The monoisotopic (exact) mass is 198 g/mol. The third-order valence-electron chi connectivity index (χ3n) is 1.98. The summed E-state index contributed by atoms with van der Waals surface area (Å²) in [6.45, 7) is 0.867. The van der Waals surface area contributed by atoms with Gasteiger partial charge in [0.05, 0.1) is 0 Å². The minimum absolute atomic E-state index is 0.000832. The van der Waals surface area contributed by atoms with Crippen molar-refractivity contribution in [1.82, 2.24) is 0 Å². The second-order valence-corrected chi connectivity index (χ2v) is 3.29. The first-order chi connectivity index (χ1) is 6.54. The van der Waals surface area contributed by atoms with Crippen molar-refractivity contribution in [3.8, 4) is 0 Å². The summed E-state index contributed by atoms with van der Waals surface area (Å²) in [7, 11) is 0. The summed E-state index contributed by atoms with van der Waals surface area (Å²) in [5.74, 6) is -2.81. The molecule has 0 saturated carbocycles. The SMILES string of the molecule is CC(F)(F)c1cccc(CCC=O)c1. The molecule has 0 spiro atoms. The molecule has 0 fully saturated rings. The summed E-state index contributed by atoms with van der Waals surface area (Å²) in [5, 5.41) is 0. The van der Waals surface area contributed by atoms with Crippen molar-refractivity contribution in [3.63, 3.8) is 0 Å². The Morgan fingerprint density at radius 2 is 2.14 bits per heavy atom. The summed E-state index contributed by atoms with van der Waals surface area (Å²) in [6.07, 6.45) is 1.68. The molecule has 1 aromatic rings. The molecule has 0 unspecified atom stereocenters. The molecule has 0 saturated heterocycles. The Morgan fingerprint density at radius 3 is 2.71 bits per heavy atom. The molecule has 1 rings (SSSR count). The zero-order chi connectivity index (χ0) is 10.6. The highest BCUT2D eigenvalue weighted by Gasteiger charge is 2.23. The van der Waals surface area contributed by atoms with Gasteiger partial charge in [-0.2, -0.15) is 0 Å². The number of hydrogen-bond acceptors (Lipinski definition) is 1. The highest BCUT2D eigenvalue weighted by molar-refractivity contribution is 5.50. The van der Waals surface area contributed by atoms with Gasteiger partial charge in [-0.05, 0) is 18.1 Å². The van der Waals surface area contributed by atoms with Gasteiger partial charge in [-0.1, -0.05) is 18.2 Å². The van der Waals surface area contributed by atoms with Crippen molar-refractivity contribution >= 4 is 6.29 Å². The molecule has 0 aliphatic rings. The van der Waals surface area contributed by atoms with Crippen molar-refractivity contribution in [1.29, 1.82) is 0 Å². The van der Waals surface area contributed by atoms with Crippen LogP contribution >= 0.6 is 0 Å². The normalized spacial score (nSPS) is 11.4. The van der Waals surface area contributed by atoms with Gasteiger partial charge in [0.25, 0.3) is 5.92 Å². The first-order valence-electron chi connectivity index (χ1n) is 4.45. The third-order valence-corrected chi connectivity index (χ3v) is 1.98. The van der Waals surface area contributed by atoms with Crippen LogP contribution in [0.4, 0.5) is 8.78 Å². The highest BCUT2D eigenvalue weighted by atomic mass is 19.3. The number of benzene rings is 1. The van der Waals surface area contributed by atoms with E-state index in [0.717, 1.165) is 18.8 Å². The second kappa shape index (κ2) is 4.31. The number of alkyl halides is 2. The van der Waals surface area contributed by atoms with E-state index >= 15 is 0 Å². The molecule has 1 aromatic carbocycles. The van der Waals surface area contributed by atoms with Crippen molar-refractivity contribution < 1.29 is 13.6 Å². The molecule has 0 heterocycles. The molecule has 0 radical (unpaired) electrons. The molecule has 1 nitrogen and oxygen atoms in total. The van der Waals surface area contributed by atoms with E-state index in [1.54, 1.807) is 12.1 Å². The molecule has 76 valence electrons. The van der Waals surface area contributed by atoms with E-state index in [4.69, 9.17) is 0 Å². The van der Waals surface area contributed by atoms with Gasteiger partial charge in [-0.25, -0.2) is 8.78 Å². The van der Waals surface area contributed by atoms with E-state index in [1.807, 2.05) is 0 Å². The van der Waals surface area contributed by atoms with Crippen LogP contribution in [-0.2, 0) is 17.1 Å². The fraction of sp³-hybridized carbons (Fsp3) is 0.364. The van der Waals surface area contributed by atoms with E-state index in [9.17, 15) is 13.6 Å². The van der Waals surface area contributed by atoms with Crippen LogP contribution in [0.1, 0.15) is 24.5 Å². The highest BCUT2D eigenvalue weighted by Crippen LogP contribution is 2.27. The van der Waals surface area contributed by atoms with Crippen LogP contribution < -0.4 is 0 Å². The maximum atomic E-state index is 12.9. The molecule has 0 aromatic heterocycles. The lowest BCUT2D eigenvalue weighted by molar-refractivity contribution is -0.107. The average molecular weight is 198 g/mol. The predicted molar refractivity (Wildman–Crippen MR) is 50.4 cm³/mol. The number of halogens is 2. The molecule has 0 aliphatic carbocycles. The van der Waals surface area contributed by atoms with E-state index in [-0.39, 0.29) is 5.56 Å². The number of rotatable bonds is 4. The van der Waals surface area contributed by atoms with Crippen LogP contribution in [0.2, 0.25) is 0 Å². The van der Waals surface area contributed by atoms with Crippen molar-refractivity contribution in [2.45, 2.75) is 25.7 Å². The van der Waals surface area contributed by atoms with Gasteiger partial charge in [0.15, 0.2) is 0 Å². The number of hydrogen-bond donors (Lipinski definition) is 0.